The maximum atomic E-state index is 6.04. The summed E-state index contributed by atoms with van der Waals surface area (Å²) in [5.41, 5.74) is 0.404. The Labute approximate surface area is 181 Å². The number of aliphatic imine (C=N–C) groups is 1. The van der Waals surface area contributed by atoms with E-state index < -0.39 is 0 Å². The van der Waals surface area contributed by atoms with Crippen molar-refractivity contribution in [3.63, 3.8) is 0 Å². The highest BCUT2D eigenvalue weighted by atomic mass is 127. The predicted molar refractivity (Wildman–Crippen MR) is 120 cm³/mol. The van der Waals surface area contributed by atoms with E-state index >= 15 is 0 Å². The molecule has 27 heavy (non-hydrogen) atoms. The Morgan fingerprint density at radius 1 is 1.15 bits per heavy atom. The Kier molecular flexibility index (Phi) is 8.09. The van der Waals surface area contributed by atoms with Crippen molar-refractivity contribution in [1.82, 2.24) is 10.6 Å². The lowest BCUT2D eigenvalue weighted by molar-refractivity contribution is -0.171. The predicted octanol–water partition coefficient (Wildman–Crippen LogP) is 3.86. The summed E-state index contributed by atoms with van der Waals surface area (Å²) in [7, 11) is 0. The largest absolute Gasteiger partial charge is 0.378 e. The molecule has 1 spiro atoms. The fraction of sp³-hybridized carbons (Fsp3) is 0.952. The number of fused-ring (bicyclic) bond motifs is 2. The van der Waals surface area contributed by atoms with Gasteiger partial charge in [-0.2, -0.15) is 0 Å². The Bertz CT molecular complexity index is 492. The minimum absolute atomic E-state index is 0. The lowest BCUT2D eigenvalue weighted by atomic mass is 9.46. The number of hydrogen-bond acceptors (Lipinski definition) is 3. The minimum atomic E-state index is 0. The van der Waals surface area contributed by atoms with Crippen LogP contribution in [0.4, 0.5) is 0 Å². The van der Waals surface area contributed by atoms with Crippen LogP contribution in [0.3, 0.4) is 0 Å². The SMILES string of the molecule is CCNC(=NCCCOC1CCCCC1)NC1C2CCOC2C12CCC2.I. The first-order valence-electron chi connectivity index (χ1n) is 11.1. The van der Waals surface area contributed by atoms with Gasteiger partial charge in [-0.3, -0.25) is 4.99 Å². The molecule has 0 aromatic carbocycles. The minimum Gasteiger partial charge on any atom is -0.378 e. The van der Waals surface area contributed by atoms with E-state index in [0.717, 1.165) is 38.7 Å². The number of rotatable bonds is 7. The Morgan fingerprint density at radius 3 is 2.67 bits per heavy atom. The molecule has 3 unspecified atom stereocenters. The molecular weight excluding hydrogens is 453 g/mol. The number of nitrogens with zero attached hydrogens (tertiary/aromatic N) is 1. The zero-order valence-electron chi connectivity index (χ0n) is 16.9. The normalized spacial score (nSPS) is 32.2. The van der Waals surface area contributed by atoms with Gasteiger partial charge in [-0.05, 0) is 45.4 Å². The molecule has 4 aliphatic rings. The van der Waals surface area contributed by atoms with E-state index in [2.05, 4.69) is 17.6 Å². The molecule has 1 heterocycles. The van der Waals surface area contributed by atoms with Crippen molar-refractivity contribution in [3.8, 4) is 0 Å². The fourth-order valence-corrected chi connectivity index (χ4v) is 5.66. The van der Waals surface area contributed by atoms with E-state index in [-0.39, 0.29) is 24.0 Å². The van der Waals surface area contributed by atoms with Crippen molar-refractivity contribution >= 4 is 29.9 Å². The van der Waals surface area contributed by atoms with E-state index in [1.54, 1.807) is 0 Å². The van der Waals surface area contributed by atoms with Gasteiger partial charge in [0.2, 0.25) is 0 Å². The summed E-state index contributed by atoms with van der Waals surface area (Å²) in [6.45, 7) is 5.69. The van der Waals surface area contributed by atoms with Crippen molar-refractivity contribution in [2.24, 2.45) is 16.3 Å². The van der Waals surface area contributed by atoms with Crippen LogP contribution in [0.1, 0.15) is 71.1 Å². The molecule has 0 bridgehead atoms. The van der Waals surface area contributed by atoms with E-state index in [4.69, 9.17) is 14.5 Å². The number of nitrogens with one attached hydrogen (secondary N) is 2. The lowest BCUT2D eigenvalue weighted by Crippen LogP contribution is -2.72. The van der Waals surface area contributed by atoms with Crippen LogP contribution in [0.25, 0.3) is 0 Å². The molecule has 0 aromatic heterocycles. The third-order valence-corrected chi connectivity index (χ3v) is 7.15. The second-order valence-electron chi connectivity index (χ2n) is 8.70. The third-order valence-electron chi connectivity index (χ3n) is 7.15. The van der Waals surface area contributed by atoms with E-state index in [9.17, 15) is 0 Å². The van der Waals surface area contributed by atoms with Crippen molar-refractivity contribution < 1.29 is 9.47 Å². The molecule has 5 nitrogen and oxygen atoms in total. The Hall–Kier alpha value is -0.0800. The second-order valence-corrected chi connectivity index (χ2v) is 8.70. The van der Waals surface area contributed by atoms with E-state index in [1.807, 2.05) is 0 Å². The Balaban J connectivity index is 0.00000210. The van der Waals surface area contributed by atoms with Gasteiger partial charge in [-0.15, -0.1) is 24.0 Å². The van der Waals surface area contributed by atoms with Gasteiger partial charge in [-0.1, -0.05) is 25.7 Å². The van der Waals surface area contributed by atoms with Crippen LogP contribution in [0.5, 0.6) is 0 Å². The smallest absolute Gasteiger partial charge is 0.191 e. The molecule has 1 saturated heterocycles. The van der Waals surface area contributed by atoms with Gasteiger partial charge in [0.15, 0.2) is 5.96 Å². The highest BCUT2D eigenvalue weighted by Gasteiger charge is 2.66. The van der Waals surface area contributed by atoms with Crippen LogP contribution in [0.2, 0.25) is 0 Å². The first-order valence-corrected chi connectivity index (χ1v) is 11.1. The van der Waals surface area contributed by atoms with Crippen molar-refractivity contribution in [3.05, 3.63) is 0 Å². The molecule has 3 atom stereocenters. The molecule has 4 rings (SSSR count). The average molecular weight is 491 g/mol. The fourth-order valence-electron chi connectivity index (χ4n) is 5.66. The van der Waals surface area contributed by atoms with Gasteiger partial charge in [0.25, 0.3) is 0 Å². The van der Waals surface area contributed by atoms with Crippen LogP contribution in [0.15, 0.2) is 4.99 Å². The zero-order valence-corrected chi connectivity index (χ0v) is 19.2. The van der Waals surface area contributed by atoms with Gasteiger partial charge < -0.3 is 20.1 Å². The maximum Gasteiger partial charge on any atom is 0.191 e. The first-order chi connectivity index (χ1) is 12.8. The molecule has 6 heteroatoms. The average Bonchev–Trinajstić information content (AvgIpc) is 3.04. The highest BCUT2D eigenvalue weighted by Crippen LogP contribution is 2.62. The van der Waals surface area contributed by atoms with Crippen LogP contribution in [0, 0.1) is 11.3 Å². The van der Waals surface area contributed by atoms with Crippen LogP contribution >= 0.6 is 24.0 Å². The summed E-state index contributed by atoms with van der Waals surface area (Å²) in [5.74, 6) is 1.68. The third kappa shape index (κ3) is 4.58. The Morgan fingerprint density at radius 2 is 1.96 bits per heavy atom. The lowest BCUT2D eigenvalue weighted by Gasteiger charge is -2.63. The van der Waals surface area contributed by atoms with Gasteiger partial charge >= 0.3 is 0 Å². The summed E-state index contributed by atoms with van der Waals surface area (Å²) in [4.78, 5) is 4.83. The second kappa shape index (κ2) is 10.1. The molecule has 4 fully saturated rings. The topological polar surface area (TPSA) is 54.9 Å². The maximum absolute atomic E-state index is 6.04. The van der Waals surface area contributed by atoms with E-state index in [0.29, 0.717) is 29.6 Å². The summed E-state index contributed by atoms with van der Waals surface area (Å²) < 4.78 is 12.1. The zero-order chi connectivity index (χ0) is 17.8. The molecular formula is C21H38IN3O2. The summed E-state index contributed by atoms with van der Waals surface area (Å²) in [6.07, 6.45) is 13.8. The molecule has 156 valence electrons. The van der Waals surface area contributed by atoms with Crippen LogP contribution < -0.4 is 10.6 Å². The number of ether oxygens (including phenoxy) is 2. The van der Waals surface area contributed by atoms with E-state index in [1.165, 1.54) is 57.8 Å². The molecule has 3 aliphatic carbocycles. The van der Waals surface area contributed by atoms with Crippen molar-refractivity contribution in [2.45, 2.75) is 89.4 Å². The van der Waals surface area contributed by atoms with Crippen LogP contribution in [-0.2, 0) is 9.47 Å². The summed E-state index contributed by atoms with van der Waals surface area (Å²) in [5, 5.41) is 7.22. The number of hydrogen-bond donors (Lipinski definition) is 2. The summed E-state index contributed by atoms with van der Waals surface area (Å²) in [6, 6.07) is 0.556. The monoisotopic (exact) mass is 491 g/mol. The molecule has 1 aliphatic heterocycles. The van der Waals surface area contributed by atoms with Crippen molar-refractivity contribution in [2.75, 3.05) is 26.3 Å². The van der Waals surface area contributed by atoms with Gasteiger partial charge in [0, 0.05) is 43.7 Å². The van der Waals surface area contributed by atoms with Gasteiger partial charge in [-0.25, -0.2) is 0 Å². The molecule has 0 amide bonds. The van der Waals surface area contributed by atoms with Crippen LogP contribution in [-0.4, -0.2) is 50.5 Å². The molecule has 0 radical (unpaired) electrons. The van der Waals surface area contributed by atoms with Gasteiger partial charge in [0.05, 0.1) is 12.2 Å². The standard InChI is InChI=1S/C21H37N3O2.HI/c1-2-22-20(23-13-7-14-25-16-8-4-3-5-9-16)24-18-17-10-15-26-19(17)21(18)11-6-12-21;/h16-19H,2-15H2,1H3,(H2,22,23,24);1H. The molecule has 3 saturated carbocycles. The van der Waals surface area contributed by atoms with Gasteiger partial charge in [0.1, 0.15) is 0 Å². The quantitative estimate of drug-likeness (QED) is 0.246. The molecule has 0 aromatic rings. The number of guanidine groups is 1. The highest BCUT2D eigenvalue weighted by molar-refractivity contribution is 14.0. The molecule has 2 N–H and O–H groups in total. The van der Waals surface area contributed by atoms with Crippen molar-refractivity contribution in [1.29, 1.82) is 0 Å². The number of halogens is 1. The first kappa shape index (κ1) is 21.6. The summed E-state index contributed by atoms with van der Waals surface area (Å²) >= 11 is 0.